The van der Waals surface area contributed by atoms with Gasteiger partial charge in [-0.2, -0.15) is 0 Å². The number of nitrogens with zero attached hydrogens (tertiary/aromatic N) is 4. The highest BCUT2D eigenvalue weighted by Crippen LogP contribution is 2.20. The highest BCUT2D eigenvalue weighted by Gasteiger charge is 2.30. The normalized spacial score (nSPS) is 21.2. The number of carbonyl (C=O) groups is 1. The Balaban J connectivity index is 1.55. The number of aromatic nitrogens is 3. The van der Waals surface area contributed by atoms with Gasteiger partial charge in [-0.15, -0.1) is 0 Å². The number of β-amino-alcohol motifs (C(OH)–C–C–N with tert-alkyl or cyclic N) is 1. The van der Waals surface area contributed by atoms with E-state index in [1.807, 2.05) is 22.9 Å². The molecule has 1 atom stereocenters. The van der Waals surface area contributed by atoms with Crippen molar-refractivity contribution in [2.45, 2.75) is 31.9 Å². The monoisotopic (exact) mass is 315 g/mol. The first-order chi connectivity index (χ1) is 11.0. The molecule has 1 aliphatic heterocycles. The fourth-order valence-corrected chi connectivity index (χ4v) is 2.75. The molecule has 3 rings (SSSR count). The van der Waals surface area contributed by atoms with Gasteiger partial charge in [-0.25, -0.2) is 14.8 Å². The van der Waals surface area contributed by atoms with E-state index in [1.165, 1.54) is 0 Å². The molecule has 23 heavy (non-hydrogen) atoms. The molecule has 1 unspecified atom stereocenters. The highest BCUT2D eigenvalue weighted by atomic mass is 16.3. The minimum absolute atomic E-state index is 0.149. The summed E-state index contributed by atoms with van der Waals surface area (Å²) in [5.41, 5.74) is 0.134. The van der Waals surface area contributed by atoms with Crippen LogP contribution < -0.4 is 5.32 Å². The van der Waals surface area contributed by atoms with E-state index in [-0.39, 0.29) is 6.03 Å². The van der Waals surface area contributed by atoms with Crippen LogP contribution in [0, 0.1) is 0 Å². The second kappa shape index (κ2) is 6.37. The summed E-state index contributed by atoms with van der Waals surface area (Å²) in [4.78, 5) is 22.2. The largest absolute Gasteiger partial charge is 0.388 e. The minimum atomic E-state index is -0.788. The first-order valence-electron chi connectivity index (χ1n) is 7.72. The number of imidazole rings is 1. The van der Waals surface area contributed by atoms with E-state index in [0.717, 1.165) is 24.2 Å². The number of nitrogens with one attached hydrogen (secondary N) is 1. The molecule has 7 nitrogen and oxygen atoms in total. The zero-order chi connectivity index (χ0) is 16.3. The maximum Gasteiger partial charge on any atom is 0.317 e. The highest BCUT2D eigenvalue weighted by molar-refractivity contribution is 5.74. The number of amides is 2. The lowest BCUT2D eigenvalue weighted by atomic mass is 9.95. The van der Waals surface area contributed by atoms with Gasteiger partial charge in [-0.05, 0) is 31.4 Å². The fourth-order valence-electron chi connectivity index (χ4n) is 2.75. The molecule has 3 heterocycles. The van der Waals surface area contributed by atoms with Crippen molar-refractivity contribution in [3.05, 3.63) is 42.6 Å². The third-order valence-corrected chi connectivity index (χ3v) is 3.98. The minimum Gasteiger partial charge on any atom is -0.388 e. The van der Waals surface area contributed by atoms with Crippen molar-refractivity contribution in [2.75, 3.05) is 13.1 Å². The van der Waals surface area contributed by atoms with E-state index in [2.05, 4.69) is 15.3 Å². The van der Waals surface area contributed by atoms with Crippen LogP contribution in [0.5, 0.6) is 0 Å². The molecule has 0 aromatic carbocycles. The molecule has 1 saturated heterocycles. The Morgan fingerprint density at radius 2 is 2.35 bits per heavy atom. The SMILES string of the molecule is CC1(O)CCCN(C(=O)NCc2ccc(-n3ccnc3)nc2)C1. The number of piperidine rings is 1. The van der Waals surface area contributed by atoms with Crippen LogP contribution in [-0.4, -0.2) is 49.3 Å². The van der Waals surface area contributed by atoms with E-state index >= 15 is 0 Å². The average molecular weight is 315 g/mol. The van der Waals surface area contributed by atoms with Crippen LogP contribution in [0.3, 0.4) is 0 Å². The van der Waals surface area contributed by atoms with E-state index in [9.17, 15) is 9.90 Å². The molecule has 0 radical (unpaired) electrons. The summed E-state index contributed by atoms with van der Waals surface area (Å²) in [6, 6.07) is 3.66. The van der Waals surface area contributed by atoms with Crippen LogP contribution in [-0.2, 0) is 6.54 Å². The third kappa shape index (κ3) is 3.87. The number of carbonyl (C=O) groups excluding carboxylic acids is 1. The van der Waals surface area contributed by atoms with Gasteiger partial charge >= 0.3 is 6.03 Å². The Bertz CT molecular complexity index is 652. The summed E-state index contributed by atoms with van der Waals surface area (Å²) < 4.78 is 1.82. The van der Waals surface area contributed by atoms with Crippen molar-refractivity contribution in [3.8, 4) is 5.82 Å². The Morgan fingerprint density at radius 3 is 3.00 bits per heavy atom. The van der Waals surface area contributed by atoms with Crippen LogP contribution in [0.2, 0.25) is 0 Å². The topological polar surface area (TPSA) is 83.3 Å². The van der Waals surface area contributed by atoms with Gasteiger partial charge in [0.2, 0.25) is 0 Å². The Kier molecular flexibility index (Phi) is 4.29. The summed E-state index contributed by atoms with van der Waals surface area (Å²) in [5.74, 6) is 0.782. The van der Waals surface area contributed by atoms with Crippen molar-refractivity contribution in [2.24, 2.45) is 0 Å². The maximum atomic E-state index is 12.2. The number of rotatable bonds is 3. The van der Waals surface area contributed by atoms with Gasteiger partial charge in [0.1, 0.15) is 12.1 Å². The first kappa shape index (κ1) is 15.5. The van der Waals surface area contributed by atoms with E-state index in [4.69, 9.17) is 0 Å². The van der Waals surface area contributed by atoms with Crippen molar-refractivity contribution >= 4 is 6.03 Å². The quantitative estimate of drug-likeness (QED) is 0.895. The number of hydrogen-bond acceptors (Lipinski definition) is 4. The Hall–Kier alpha value is -2.41. The molecular formula is C16H21N5O2. The summed E-state index contributed by atoms with van der Waals surface area (Å²) >= 11 is 0. The van der Waals surface area contributed by atoms with Gasteiger partial charge in [-0.3, -0.25) is 4.57 Å². The predicted octanol–water partition coefficient (Wildman–Crippen LogP) is 1.32. The average Bonchev–Trinajstić information content (AvgIpc) is 3.06. The molecule has 2 amide bonds. The summed E-state index contributed by atoms with van der Waals surface area (Å²) in [7, 11) is 0. The van der Waals surface area contributed by atoms with Crippen LogP contribution >= 0.6 is 0 Å². The van der Waals surface area contributed by atoms with Crippen molar-refractivity contribution in [1.29, 1.82) is 0 Å². The van der Waals surface area contributed by atoms with Gasteiger partial charge in [0.15, 0.2) is 0 Å². The molecule has 2 aromatic rings. The maximum absolute atomic E-state index is 12.2. The zero-order valence-corrected chi connectivity index (χ0v) is 13.1. The molecule has 0 bridgehead atoms. The van der Waals surface area contributed by atoms with E-state index < -0.39 is 5.60 Å². The smallest absolute Gasteiger partial charge is 0.317 e. The Labute approximate surface area is 135 Å². The van der Waals surface area contributed by atoms with Crippen LogP contribution in [0.1, 0.15) is 25.3 Å². The predicted molar refractivity (Wildman–Crippen MR) is 85.0 cm³/mol. The van der Waals surface area contributed by atoms with Gasteiger partial charge in [0.05, 0.1) is 12.1 Å². The van der Waals surface area contributed by atoms with Crippen LogP contribution in [0.4, 0.5) is 4.79 Å². The molecule has 2 aromatic heterocycles. The molecule has 2 N–H and O–H groups in total. The van der Waals surface area contributed by atoms with E-state index in [1.54, 1.807) is 30.5 Å². The molecule has 0 aliphatic carbocycles. The second-order valence-corrected chi connectivity index (χ2v) is 6.18. The number of pyridine rings is 1. The number of urea groups is 1. The number of likely N-dealkylation sites (tertiary alicyclic amines) is 1. The van der Waals surface area contributed by atoms with Crippen molar-refractivity contribution < 1.29 is 9.90 Å². The van der Waals surface area contributed by atoms with Crippen LogP contribution in [0.25, 0.3) is 5.82 Å². The molecule has 122 valence electrons. The molecule has 7 heteroatoms. The summed E-state index contributed by atoms with van der Waals surface area (Å²) in [6.07, 6.45) is 8.50. The molecule has 0 spiro atoms. The van der Waals surface area contributed by atoms with Gasteiger partial charge in [0.25, 0.3) is 0 Å². The number of aliphatic hydroxyl groups is 1. The van der Waals surface area contributed by atoms with E-state index in [0.29, 0.717) is 19.6 Å². The van der Waals surface area contributed by atoms with Gasteiger partial charge in [-0.1, -0.05) is 6.07 Å². The standard InChI is InChI=1S/C16H21N5O2/c1-16(23)5-2-7-20(11-16)15(22)19-10-13-3-4-14(18-9-13)21-8-6-17-12-21/h3-4,6,8-9,12,23H,2,5,7,10-11H2,1H3,(H,19,22). The van der Waals surface area contributed by atoms with Crippen LogP contribution in [0.15, 0.2) is 37.1 Å². The molecule has 0 saturated carbocycles. The van der Waals surface area contributed by atoms with Gasteiger partial charge in [0, 0.05) is 31.7 Å². The fraction of sp³-hybridized carbons (Fsp3) is 0.438. The van der Waals surface area contributed by atoms with Crippen molar-refractivity contribution in [3.63, 3.8) is 0 Å². The molecular weight excluding hydrogens is 294 g/mol. The third-order valence-electron chi connectivity index (χ3n) is 3.98. The lowest BCUT2D eigenvalue weighted by molar-refractivity contribution is -0.00253. The first-order valence-corrected chi connectivity index (χ1v) is 7.72. The molecule has 1 fully saturated rings. The number of hydrogen-bond donors (Lipinski definition) is 2. The lowest BCUT2D eigenvalue weighted by Gasteiger charge is -2.36. The van der Waals surface area contributed by atoms with Gasteiger partial charge < -0.3 is 15.3 Å². The zero-order valence-electron chi connectivity index (χ0n) is 13.1. The second-order valence-electron chi connectivity index (χ2n) is 6.18. The summed E-state index contributed by atoms with van der Waals surface area (Å²) in [6.45, 7) is 3.23. The summed E-state index contributed by atoms with van der Waals surface area (Å²) in [5, 5.41) is 12.9. The molecule has 1 aliphatic rings. The Morgan fingerprint density at radius 1 is 1.48 bits per heavy atom. The lowest BCUT2D eigenvalue weighted by Crippen LogP contribution is -2.51. The van der Waals surface area contributed by atoms with Crippen molar-refractivity contribution in [1.82, 2.24) is 24.8 Å².